The van der Waals surface area contributed by atoms with Crippen molar-refractivity contribution < 1.29 is 0 Å². The molecule has 4 nitrogen and oxygen atoms in total. The number of aromatic nitrogens is 2. The molecule has 4 heteroatoms. The first-order valence-electron chi connectivity index (χ1n) is 8.75. The fourth-order valence-electron chi connectivity index (χ4n) is 2.89. The zero-order valence-corrected chi connectivity index (χ0v) is 14.4. The van der Waals surface area contributed by atoms with E-state index >= 15 is 0 Å². The molecule has 0 saturated heterocycles. The van der Waals surface area contributed by atoms with E-state index in [1.807, 2.05) is 60.7 Å². The second-order valence-corrected chi connectivity index (χ2v) is 6.07. The van der Waals surface area contributed by atoms with Gasteiger partial charge in [-0.1, -0.05) is 60.7 Å². The largest absolute Gasteiger partial charge is 0.369 e. The predicted molar refractivity (Wildman–Crippen MR) is 108 cm³/mol. The van der Waals surface area contributed by atoms with Crippen molar-refractivity contribution in [2.45, 2.75) is 6.42 Å². The number of para-hydroxylation sites is 2. The fourth-order valence-corrected chi connectivity index (χ4v) is 2.89. The molecular formula is C22H20N4. The Morgan fingerprint density at radius 1 is 0.692 bits per heavy atom. The first-order valence-corrected chi connectivity index (χ1v) is 8.75. The Kier molecular flexibility index (Phi) is 4.74. The maximum Gasteiger partial charge on any atom is 0.229 e. The molecule has 0 radical (unpaired) electrons. The van der Waals surface area contributed by atoms with Crippen molar-refractivity contribution in [3.63, 3.8) is 0 Å². The summed E-state index contributed by atoms with van der Waals surface area (Å²) < 4.78 is 0. The van der Waals surface area contributed by atoms with E-state index in [0.717, 1.165) is 35.4 Å². The van der Waals surface area contributed by atoms with E-state index < -0.39 is 0 Å². The summed E-state index contributed by atoms with van der Waals surface area (Å²) in [6.07, 6.45) is 0.945. The van der Waals surface area contributed by atoms with Crippen molar-refractivity contribution in [2.24, 2.45) is 0 Å². The van der Waals surface area contributed by atoms with Crippen LogP contribution in [0.5, 0.6) is 0 Å². The molecule has 4 aromatic rings. The van der Waals surface area contributed by atoms with E-state index in [9.17, 15) is 0 Å². The van der Waals surface area contributed by atoms with Crippen LogP contribution in [-0.4, -0.2) is 16.5 Å². The van der Waals surface area contributed by atoms with Crippen LogP contribution in [0.4, 0.5) is 17.5 Å². The lowest BCUT2D eigenvalue weighted by Crippen LogP contribution is -2.09. The van der Waals surface area contributed by atoms with Gasteiger partial charge in [-0.25, -0.2) is 4.98 Å². The van der Waals surface area contributed by atoms with Crippen LogP contribution in [0.3, 0.4) is 0 Å². The Bertz CT molecular complexity index is 985. The molecule has 128 valence electrons. The number of nitrogens with one attached hydrogen (secondary N) is 2. The summed E-state index contributed by atoms with van der Waals surface area (Å²) in [6.45, 7) is 0.815. The monoisotopic (exact) mass is 340 g/mol. The molecule has 0 fully saturated rings. The van der Waals surface area contributed by atoms with Crippen LogP contribution in [0.2, 0.25) is 0 Å². The highest BCUT2D eigenvalue weighted by Gasteiger charge is 2.07. The Morgan fingerprint density at radius 2 is 1.38 bits per heavy atom. The zero-order chi connectivity index (χ0) is 17.6. The molecule has 0 atom stereocenters. The highest BCUT2D eigenvalue weighted by Crippen LogP contribution is 2.23. The van der Waals surface area contributed by atoms with Crippen LogP contribution in [0, 0.1) is 0 Å². The number of rotatable bonds is 6. The quantitative estimate of drug-likeness (QED) is 0.517. The molecule has 0 bridgehead atoms. The number of fused-ring (bicyclic) bond motifs is 1. The van der Waals surface area contributed by atoms with Crippen LogP contribution in [0.25, 0.3) is 10.9 Å². The first-order chi connectivity index (χ1) is 12.9. The smallest absolute Gasteiger partial charge is 0.229 e. The van der Waals surface area contributed by atoms with Crippen molar-refractivity contribution in [1.82, 2.24) is 9.97 Å². The molecule has 2 N–H and O–H groups in total. The normalized spacial score (nSPS) is 10.6. The van der Waals surface area contributed by atoms with Crippen molar-refractivity contribution >= 4 is 28.4 Å². The summed E-state index contributed by atoms with van der Waals surface area (Å²) >= 11 is 0. The molecule has 3 aromatic carbocycles. The number of benzene rings is 3. The summed E-state index contributed by atoms with van der Waals surface area (Å²) in [7, 11) is 0. The first kappa shape index (κ1) is 16.1. The molecule has 0 unspecified atom stereocenters. The number of nitrogens with zero attached hydrogens (tertiary/aromatic N) is 2. The third-order valence-electron chi connectivity index (χ3n) is 4.18. The Balaban J connectivity index is 1.57. The van der Waals surface area contributed by atoms with Gasteiger partial charge < -0.3 is 10.6 Å². The Morgan fingerprint density at radius 3 is 2.19 bits per heavy atom. The number of hydrogen-bond donors (Lipinski definition) is 2. The van der Waals surface area contributed by atoms with Crippen molar-refractivity contribution in [3.8, 4) is 0 Å². The lowest BCUT2D eigenvalue weighted by Gasteiger charge is -2.12. The van der Waals surface area contributed by atoms with E-state index in [-0.39, 0.29) is 0 Å². The van der Waals surface area contributed by atoms with E-state index in [0.29, 0.717) is 5.95 Å². The maximum absolute atomic E-state index is 4.69. The molecule has 1 aromatic heterocycles. The van der Waals surface area contributed by atoms with Crippen LogP contribution in [0.15, 0.2) is 84.9 Å². The minimum atomic E-state index is 0.595. The third-order valence-corrected chi connectivity index (χ3v) is 4.18. The second-order valence-electron chi connectivity index (χ2n) is 6.07. The molecule has 0 aliphatic heterocycles. The summed E-state index contributed by atoms with van der Waals surface area (Å²) in [5, 5.41) is 7.78. The van der Waals surface area contributed by atoms with Crippen molar-refractivity contribution in [3.05, 3.63) is 90.5 Å². The van der Waals surface area contributed by atoms with Gasteiger partial charge in [0.1, 0.15) is 5.82 Å². The highest BCUT2D eigenvalue weighted by molar-refractivity contribution is 5.90. The van der Waals surface area contributed by atoms with Crippen LogP contribution in [0.1, 0.15) is 5.56 Å². The molecule has 1 heterocycles. The van der Waals surface area contributed by atoms with Gasteiger partial charge >= 0.3 is 0 Å². The predicted octanol–water partition coefficient (Wildman–Crippen LogP) is 5.03. The van der Waals surface area contributed by atoms with E-state index in [2.05, 4.69) is 39.9 Å². The van der Waals surface area contributed by atoms with Crippen LogP contribution >= 0.6 is 0 Å². The Hall–Kier alpha value is -3.40. The maximum atomic E-state index is 4.69. The molecular weight excluding hydrogens is 320 g/mol. The van der Waals surface area contributed by atoms with Gasteiger partial charge in [0.05, 0.1) is 5.52 Å². The topological polar surface area (TPSA) is 49.8 Å². The summed E-state index contributed by atoms with van der Waals surface area (Å²) in [4.78, 5) is 9.33. The average Bonchev–Trinajstić information content (AvgIpc) is 2.69. The van der Waals surface area contributed by atoms with E-state index in [1.54, 1.807) is 0 Å². The average molecular weight is 340 g/mol. The highest BCUT2D eigenvalue weighted by atomic mass is 15.1. The zero-order valence-electron chi connectivity index (χ0n) is 14.4. The number of anilines is 3. The SMILES string of the molecule is c1ccc(CCNc2nc(Nc3ccccc3)nc3ccccc23)cc1. The summed E-state index contributed by atoms with van der Waals surface area (Å²) in [5.41, 5.74) is 3.20. The van der Waals surface area contributed by atoms with Crippen molar-refractivity contribution in [2.75, 3.05) is 17.2 Å². The third kappa shape index (κ3) is 3.81. The minimum Gasteiger partial charge on any atom is -0.369 e. The van der Waals surface area contributed by atoms with Crippen LogP contribution < -0.4 is 10.6 Å². The molecule has 0 spiro atoms. The lowest BCUT2D eigenvalue weighted by atomic mass is 10.1. The molecule has 0 aliphatic rings. The lowest BCUT2D eigenvalue weighted by molar-refractivity contribution is 1.01. The van der Waals surface area contributed by atoms with Crippen LogP contribution in [-0.2, 0) is 6.42 Å². The fraction of sp³-hybridized carbons (Fsp3) is 0.0909. The Labute approximate surface area is 152 Å². The summed E-state index contributed by atoms with van der Waals surface area (Å²) in [5.74, 6) is 1.45. The van der Waals surface area contributed by atoms with Gasteiger partial charge in [-0.15, -0.1) is 0 Å². The molecule has 4 rings (SSSR count). The standard InChI is InChI=1S/C22H20N4/c1-3-9-17(10-4-1)15-16-23-21-19-13-7-8-14-20(19)25-22(26-21)24-18-11-5-2-6-12-18/h1-14H,15-16H2,(H2,23,24,25,26). The molecule has 0 saturated carbocycles. The van der Waals surface area contributed by atoms with Gasteiger partial charge in [-0.3, -0.25) is 0 Å². The van der Waals surface area contributed by atoms with Gasteiger partial charge in [0.2, 0.25) is 5.95 Å². The van der Waals surface area contributed by atoms with E-state index in [4.69, 9.17) is 4.98 Å². The number of hydrogen-bond acceptors (Lipinski definition) is 4. The van der Waals surface area contributed by atoms with Gasteiger partial charge in [0.25, 0.3) is 0 Å². The van der Waals surface area contributed by atoms with Gasteiger partial charge in [-0.2, -0.15) is 4.98 Å². The molecule has 0 amide bonds. The summed E-state index contributed by atoms with van der Waals surface area (Å²) in [6, 6.07) is 28.5. The van der Waals surface area contributed by atoms with E-state index in [1.165, 1.54) is 5.56 Å². The molecule has 0 aliphatic carbocycles. The second kappa shape index (κ2) is 7.66. The van der Waals surface area contributed by atoms with Gasteiger partial charge in [0.15, 0.2) is 0 Å². The van der Waals surface area contributed by atoms with Crippen molar-refractivity contribution in [1.29, 1.82) is 0 Å². The van der Waals surface area contributed by atoms with Gasteiger partial charge in [-0.05, 0) is 36.2 Å². The molecule has 26 heavy (non-hydrogen) atoms. The van der Waals surface area contributed by atoms with Gasteiger partial charge in [0, 0.05) is 17.6 Å². The minimum absolute atomic E-state index is 0.595.